The Morgan fingerprint density at radius 3 is 2.46 bits per heavy atom. The van der Waals surface area contributed by atoms with Gasteiger partial charge in [0.15, 0.2) is 0 Å². The standard InChI is InChI=1S/C29H27BrN4O/c1-18-15-21(19(2)33(18)26-12-8-10-20-9-6-7-11-23(20)26)17-31-34-27(35)24-16-22(30)13-14-25(24)32-28(34)29(3,4)5/h6-17H,1-5H3. The Morgan fingerprint density at radius 2 is 1.69 bits per heavy atom. The van der Waals surface area contributed by atoms with Crippen LogP contribution in [-0.4, -0.2) is 20.4 Å². The molecular weight excluding hydrogens is 500 g/mol. The Kier molecular flexibility index (Phi) is 5.72. The Labute approximate surface area is 212 Å². The van der Waals surface area contributed by atoms with Crippen LogP contribution in [0.1, 0.15) is 43.5 Å². The van der Waals surface area contributed by atoms with Crippen molar-refractivity contribution in [3.63, 3.8) is 0 Å². The first-order valence-electron chi connectivity index (χ1n) is 11.6. The van der Waals surface area contributed by atoms with Gasteiger partial charge in [-0.05, 0) is 49.6 Å². The largest absolute Gasteiger partial charge is 0.317 e. The first kappa shape index (κ1) is 23.2. The number of nitrogens with zero attached hydrogens (tertiary/aromatic N) is 4. The molecule has 0 radical (unpaired) electrons. The molecule has 0 fully saturated rings. The van der Waals surface area contributed by atoms with E-state index in [0.29, 0.717) is 16.7 Å². The third-order valence-electron chi connectivity index (χ3n) is 6.27. The van der Waals surface area contributed by atoms with Crippen molar-refractivity contribution in [2.45, 2.75) is 40.0 Å². The third-order valence-corrected chi connectivity index (χ3v) is 6.76. The average Bonchev–Trinajstić information content (AvgIpc) is 3.10. The van der Waals surface area contributed by atoms with Gasteiger partial charge in [-0.15, -0.1) is 0 Å². The lowest BCUT2D eigenvalue weighted by Crippen LogP contribution is -2.29. The number of halogens is 1. The van der Waals surface area contributed by atoms with Gasteiger partial charge >= 0.3 is 0 Å². The molecule has 6 heteroatoms. The maximum atomic E-state index is 13.5. The highest BCUT2D eigenvalue weighted by molar-refractivity contribution is 9.10. The Hall–Kier alpha value is -3.51. The van der Waals surface area contributed by atoms with Crippen molar-refractivity contribution in [2.24, 2.45) is 5.10 Å². The molecule has 176 valence electrons. The molecule has 5 nitrogen and oxygen atoms in total. The molecule has 35 heavy (non-hydrogen) atoms. The van der Waals surface area contributed by atoms with Gasteiger partial charge in [-0.25, -0.2) is 4.98 Å². The molecule has 3 aromatic carbocycles. The molecular formula is C29H27BrN4O. The predicted molar refractivity (Wildman–Crippen MR) is 148 cm³/mol. The Balaban J connectivity index is 1.67. The highest BCUT2D eigenvalue weighted by atomic mass is 79.9. The van der Waals surface area contributed by atoms with Crippen molar-refractivity contribution < 1.29 is 0 Å². The van der Waals surface area contributed by atoms with Crippen LogP contribution in [0.2, 0.25) is 0 Å². The second-order valence-corrected chi connectivity index (χ2v) is 10.8. The molecule has 5 rings (SSSR count). The van der Waals surface area contributed by atoms with Crippen LogP contribution < -0.4 is 5.56 Å². The molecule has 0 atom stereocenters. The van der Waals surface area contributed by atoms with Gasteiger partial charge in [-0.1, -0.05) is 73.1 Å². The highest BCUT2D eigenvalue weighted by Gasteiger charge is 2.23. The van der Waals surface area contributed by atoms with Crippen molar-refractivity contribution in [1.82, 2.24) is 14.2 Å². The van der Waals surface area contributed by atoms with E-state index in [1.54, 1.807) is 12.3 Å². The zero-order valence-corrected chi connectivity index (χ0v) is 22.1. The summed E-state index contributed by atoms with van der Waals surface area (Å²) in [5, 5.41) is 7.60. The molecule has 0 unspecified atom stereocenters. The number of hydrogen-bond donors (Lipinski definition) is 0. The van der Waals surface area contributed by atoms with Crippen LogP contribution >= 0.6 is 15.9 Å². The Morgan fingerprint density at radius 1 is 0.943 bits per heavy atom. The number of hydrogen-bond acceptors (Lipinski definition) is 3. The summed E-state index contributed by atoms with van der Waals surface area (Å²) >= 11 is 3.47. The van der Waals surface area contributed by atoms with Crippen LogP contribution in [0.15, 0.2) is 81.1 Å². The van der Waals surface area contributed by atoms with Crippen molar-refractivity contribution in [2.75, 3.05) is 0 Å². The molecule has 0 N–H and O–H groups in total. The summed E-state index contributed by atoms with van der Waals surface area (Å²) in [6.45, 7) is 10.3. The van der Waals surface area contributed by atoms with Gasteiger partial charge in [-0.2, -0.15) is 9.78 Å². The van der Waals surface area contributed by atoms with Crippen molar-refractivity contribution in [3.05, 3.63) is 104 Å². The van der Waals surface area contributed by atoms with E-state index in [4.69, 9.17) is 4.98 Å². The topological polar surface area (TPSA) is 52.2 Å². The maximum absolute atomic E-state index is 13.5. The van der Waals surface area contributed by atoms with Crippen LogP contribution in [0.5, 0.6) is 0 Å². The summed E-state index contributed by atoms with van der Waals surface area (Å²) in [6, 6.07) is 22.4. The SMILES string of the molecule is Cc1cc(C=Nn2c(C(C)(C)C)nc3ccc(Br)cc3c2=O)c(C)n1-c1cccc2ccccc12. The molecule has 0 spiro atoms. The third kappa shape index (κ3) is 4.12. The number of aromatic nitrogens is 3. The van der Waals surface area contributed by atoms with Gasteiger partial charge in [0.1, 0.15) is 5.82 Å². The quantitative estimate of drug-likeness (QED) is 0.240. The fourth-order valence-electron chi connectivity index (χ4n) is 4.55. The zero-order chi connectivity index (χ0) is 24.9. The van der Waals surface area contributed by atoms with E-state index in [-0.39, 0.29) is 11.0 Å². The first-order chi connectivity index (χ1) is 16.6. The Bertz CT molecular complexity index is 1680. The van der Waals surface area contributed by atoms with Crippen LogP contribution in [0.25, 0.3) is 27.4 Å². The van der Waals surface area contributed by atoms with Crippen LogP contribution in [-0.2, 0) is 5.41 Å². The van der Waals surface area contributed by atoms with Crippen LogP contribution in [0, 0.1) is 13.8 Å². The van der Waals surface area contributed by atoms with Gasteiger partial charge in [0.25, 0.3) is 5.56 Å². The molecule has 0 saturated carbocycles. The number of fused-ring (bicyclic) bond motifs is 2. The smallest absolute Gasteiger partial charge is 0.282 e. The van der Waals surface area contributed by atoms with Gasteiger partial charge in [0, 0.05) is 32.2 Å². The van der Waals surface area contributed by atoms with Crippen LogP contribution in [0.3, 0.4) is 0 Å². The lowest BCUT2D eigenvalue weighted by molar-refractivity contribution is 0.506. The lowest BCUT2D eigenvalue weighted by Gasteiger charge is -2.20. The fraction of sp³-hybridized carbons (Fsp3) is 0.207. The van der Waals surface area contributed by atoms with Crippen molar-refractivity contribution >= 4 is 43.8 Å². The van der Waals surface area contributed by atoms with Gasteiger partial charge in [0.05, 0.1) is 22.8 Å². The molecule has 5 aromatic rings. The van der Waals surface area contributed by atoms with E-state index in [1.165, 1.54) is 15.4 Å². The number of aryl methyl sites for hydroxylation is 1. The van der Waals surface area contributed by atoms with Crippen LogP contribution in [0.4, 0.5) is 0 Å². The number of rotatable bonds is 3. The molecule has 0 saturated heterocycles. The highest BCUT2D eigenvalue weighted by Crippen LogP contribution is 2.27. The van der Waals surface area contributed by atoms with E-state index in [1.807, 2.05) is 32.9 Å². The monoisotopic (exact) mass is 526 g/mol. The summed E-state index contributed by atoms with van der Waals surface area (Å²) in [7, 11) is 0. The zero-order valence-electron chi connectivity index (χ0n) is 20.5. The van der Waals surface area contributed by atoms with Gasteiger partial charge in [-0.3, -0.25) is 4.79 Å². The van der Waals surface area contributed by atoms with E-state index in [0.717, 1.165) is 27.1 Å². The summed E-state index contributed by atoms with van der Waals surface area (Å²) < 4.78 is 4.52. The van der Waals surface area contributed by atoms with E-state index >= 15 is 0 Å². The first-order valence-corrected chi connectivity index (χ1v) is 12.4. The second kappa shape index (κ2) is 8.61. The molecule has 0 amide bonds. The molecule has 0 aliphatic carbocycles. The fourth-order valence-corrected chi connectivity index (χ4v) is 4.91. The second-order valence-electron chi connectivity index (χ2n) is 9.87. The van der Waals surface area contributed by atoms with Crippen molar-refractivity contribution in [1.29, 1.82) is 0 Å². The summed E-state index contributed by atoms with van der Waals surface area (Å²) in [6.07, 6.45) is 1.77. The molecule has 2 heterocycles. The minimum atomic E-state index is -0.363. The molecule has 0 aliphatic heterocycles. The van der Waals surface area contributed by atoms with E-state index < -0.39 is 0 Å². The number of benzene rings is 3. The maximum Gasteiger partial charge on any atom is 0.282 e. The summed E-state index contributed by atoms with van der Waals surface area (Å²) in [4.78, 5) is 18.3. The lowest BCUT2D eigenvalue weighted by atomic mass is 9.95. The summed E-state index contributed by atoms with van der Waals surface area (Å²) in [5.41, 5.74) is 4.37. The average molecular weight is 527 g/mol. The molecule has 0 aliphatic rings. The molecule has 2 aromatic heterocycles. The predicted octanol–water partition coefficient (Wildman–Crippen LogP) is 6.90. The molecule has 0 bridgehead atoms. The minimum absolute atomic E-state index is 0.180. The van der Waals surface area contributed by atoms with E-state index in [2.05, 4.69) is 88.0 Å². The van der Waals surface area contributed by atoms with Gasteiger partial charge < -0.3 is 4.57 Å². The summed E-state index contributed by atoms with van der Waals surface area (Å²) in [5.74, 6) is 0.622. The minimum Gasteiger partial charge on any atom is -0.317 e. The van der Waals surface area contributed by atoms with Crippen molar-refractivity contribution in [3.8, 4) is 5.69 Å². The van der Waals surface area contributed by atoms with E-state index in [9.17, 15) is 4.79 Å². The van der Waals surface area contributed by atoms with Gasteiger partial charge in [0.2, 0.25) is 0 Å². The normalized spacial score (nSPS) is 12.3.